The van der Waals surface area contributed by atoms with Crippen molar-refractivity contribution >= 4 is 17.7 Å². The Labute approximate surface area is 113 Å². The number of hydrogen-bond donors (Lipinski definition) is 2. The van der Waals surface area contributed by atoms with Crippen LogP contribution >= 0.6 is 0 Å². The zero-order valence-electron chi connectivity index (χ0n) is 11.7. The molecule has 2 N–H and O–H groups in total. The fraction of sp³-hybridized carbons (Fsp3) is 0.429. The Bertz CT molecular complexity index is 438. The Balaban J connectivity index is 2.47. The van der Waals surface area contributed by atoms with Gasteiger partial charge in [-0.05, 0) is 39.8 Å². The predicted molar refractivity (Wildman–Crippen MR) is 73.9 cm³/mol. The smallest absolute Gasteiger partial charge is 0.408 e. The first-order chi connectivity index (χ1) is 8.78. The first-order valence-corrected chi connectivity index (χ1v) is 6.13. The SMILES string of the molecule is CC(NC(=O)OC(C)(C)C)C(=O)Nc1ccccc1. The summed E-state index contributed by atoms with van der Waals surface area (Å²) < 4.78 is 5.08. The molecule has 0 aromatic heterocycles. The van der Waals surface area contributed by atoms with Crippen LogP contribution < -0.4 is 10.6 Å². The van der Waals surface area contributed by atoms with Gasteiger partial charge in [-0.1, -0.05) is 18.2 Å². The van der Waals surface area contributed by atoms with Gasteiger partial charge in [0.05, 0.1) is 0 Å². The molecule has 0 aliphatic heterocycles. The van der Waals surface area contributed by atoms with Crippen molar-refractivity contribution in [2.24, 2.45) is 0 Å². The van der Waals surface area contributed by atoms with Crippen LogP contribution in [0, 0.1) is 0 Å². The molecule has 2 amide bonds. The molecule has 1 aromatic rings. The zero-order chi connectivity index (χ0) is 14.5. The van der Waals surface area contributed by atoms with E-state index in [2.05, 4.69) is 10.6 Å². The van der Waals surface area contributed by atoms with Crippen molar-refractivity contribution < 1.29 is 14.3 Å². The second kappa shape index (κ2) is 6.22. The van der Waals surface area contributed by atoms with Gasteiger partial charge in [0.1, 0.15) is 11.6 Å². The third-order valence-corrected chi connectivity index (χ3v) is 2.17. The van der Waals surface area contributed by atoms with Crippen molar-refractivity contribution in [3.8, 4) is 0 Å². The minimum absolute atomic E-state index is 0.294. The zero-order valence-corrected chi connectivity index (χ0v) is 11.7. The molecule has 0 spiro atoms. The first kappa shape index (κ1) is 15.0. The molecule has 104 valence electrons. The van der Waals surface area contributed by atoms with Crippen LogP contribution in [0.15, 0.2) is 30.3 Å². The summed E-state index contributed by atoms with van der Waals surface area (Å²) in [5.74, 6) is -0.294. The molecule has 19 heavy (non-hydrogen) atoms. The van der Waals surface area contributed by atoms with Gasteiger partial charge in [-0.15, -0.1) is 0 Å². The van der Waals surface area contributed by atoms with E-state index < -0.39 is 17.7 Å². The van der Waals surface area contributed by atoms with Gasteiger partial charge in [-0.25, -0.2) is 4.79 Å². The van der Waals surface area contributed by atoms with Crippen molar-refractivity contribution in [1.29, 1.82) is 0 Å². The average Bonchev–Trinajstić information content (AvgIpc) is 2.27. The Morgan fingerprint density at radius 1 is 1.16 bits per heavy atom. The van der Waals surface area contributed by atoms with Gasteiger partial charge >= 0.3 is 6.09 Å². The number of rotatable bonds is 3. The number of carbonyl (C=O) groups excluding carboxylic acids is 2. The molecule has 5 heteroatoms. The van der Waals surface area contributed by atoms with Crippen molar-refractivity contribution in [1.82, 2.24) is 5.32 Å². The molecule has 0 fully saturated rings. The fourth-order valence-corrected chi connectivity index (χ4v) is 1.32. The highest BCUT2D eigenvalue weighted by atomic mass is 16.6. The third kappa shape index (κ3) is 5.90. The normalized spacial score (nSPS) is 12.4. The monoisotopic (exact) mass is 264 g/mol. The van der Waals surface area contributed by atoms with Crippen LogP contribution in [-0.2, 0) is 9.53 Å². The van der Waals surface area contributed by atoms with E-state index in [1.165, 1.54) is 0 Å². The number of nitrogens with one attached hydrogen (secondary N) is 2. The predicted octanol–water partition coefficient (Wildman–Crippen LogP) is 2.54. The van der Waals surface area contributed by atoms with Crippen molar-refractivity contribution in [3.63, 3.8) is 0 Å². The summed E-state index contributed by atoms with van der Waals surface area (Å²) in [6, 6.07) is 8.38. The Morgan fingerprint density at radius 2 is 1.74 bits per heavy atom. The Hall–Kier alpha value is -2.04. The molecule has 0 aliphatic rings. The topological polar surface area (TPSA) is 67.4 Å². The number of ether oxygens (including phenoxy) is 1. The lowest BCUT2D eigenvalue weighted by atomic mass is 10.2. The number of hydrogen-bond acceptors (Lipinski definition) is 3. The van der Waals surface area contributed by atoms with Crippen molar-refractivity contribution in [2.45, 2.75) is 39.3 Å². The minimum atomic E-state index is -0.671. The van der Waals surface area contributed by atoms with Gasteiger partial charge in [-0.2, -0.15) is 0 Å². The molecule has 1 atom stereocenters. The lowest BCUT2D eigenvalue weighted by Crippen LogP contribution is -2.43. The van der Waals surface area contributed by atoms with E-state index in [0.717, 1.165) is 0 Å². The Kier molecular flexibility index (Phi) is 4.92. The van der Waals surface area contributed by atoms with E-state index in [9.17, 15) is 9.59 Å². The number of amides is 2. The fourth-order valence-electron chi connectivity index (χ4n) is 1.32. The average molecular weight is 264 g/mol. The molecular weight excluding hydrogens is 244 g/mol. The number of para-hydroxylation sites is 1. The highest BCUT2D eigenvalue weighted by molar-refractivity contribution is 5.96. The molecule has 0 saturated heterocycles. The number of carbonyl (C=O) groups is 2. The summed E-state index contributed by atoms with van der Waals surface area (Å²) in [6.07, 6.45) is -0.608. The number of anilines is 1. The van der Waals surface area contributed by atoms with Crippen LogP contribution in [0.2, 0.25) is 0 Å². The maximum atomic E-state index is 11.8. The molecule has 0 heterocycles. The van der Waals surface area contributed by atoms with Crippen LogP contribution in [0.1, 0.15) is 27.7 Å². The molecule has 5 nitrogen and oxygen atoms in total. The molecule has 0 radical (unpaired) electrons. The molecule has 1 unspecified atom stereocenters. The lowest BCUT2D eigenvalue weighted by molar-refractivity contribution is -0.117. The van der Waals surface area contributed by atoms with Gasteiger partial charge in [0, 0.05) is 5.69 Å². The lowest BCUT2D eigenvalue weighted by Gasteiger charge is -2.21. The number of benzene rings is 1. The van der Waals surface area contributed by atoms with E-state index in [4.69, 9.17) is 4.74 Å². The van der Waals surface area contributed by atoms with E-state index in [1.54, 1.807) is 39.8 Å². The third-order valence-electron chi connectivity index (χ3n) is 2.17. The van der Waals surface area contributed by atoms with E-state index in [0.29, 0.717) is 5.69 Å². The highest BCUT2D eigenvalue weighted by Gasteiger charge is 2.20. The van der Waals surface area contributed by atoms with E-state index in [1.807, 2.05) is 18.2 Å². The summed E-state index contributed by atoms with van der Waals surface area (Å²) in [5, 5.41) is 5.18. The summed E-state index contributed by atoms with van der Waals surface area (Å²) in [5.41, 5.74) is 0.102. The maximum Gasteiger partial charge on any atom is 0.408 e. The van der Waals surface area contributed by atoms with Crippen LogP contribution in [0.4, 0.5) is 10.5 Å². The molecule has 1 aromatic carbocycles. The second-order valence-corrected chi connectivity index (χ2v) is 5.22. The second-order valence-electron chi connectivity index (χ2n) is 5.22. The quantitative estimate of drug-likeness (QED) is 0.881. The molecule has 1 rings (SSSR count). The highest BCUT2D eigenvalue weighted by Crippen LogP contribution is 2.08. The Morgan fingerprint density at radius 3 is 2.26 bits per heavy atom. The molecular formula is C14H20N2O3. The van der Waals surface area contributed by atoms with Gasteiger partial charge in [0.2, 0.25) is 5.91 Å². The van der Waals surface area contributed by atoms with Crippen LogP contribution in [0.5, 0.6) is 0 Å². The molecule has 0 saturated carbocycles. The van der Waals surface area contributed by atoms with Gasteiger partial charge < -0.3 is 15.4 Å². The first-order valence-electron chi connectivity index (χ1n) is 6.13. The summed E-state index contributed by atoms with van der Waals surface area (Å²) in [7, 11) is 0. The molecule has 0 bridgehead atoms. The number of alkyl carbamates (subject to hydrolysis) is 1. The van der Waals surface area contributed by atoms with Crippen molar-refractivity contribution in [2.75, 3.05) is 5.32 Å². The van der Waals surface area contributed by atoms with Gasteiger partial charge in [0.25, 0.3) is 0 Å². The molecule has 0 aliphatic carbocycles. The van der Waals surface area contributed by atoms with Gasteiger partial charge in [0.15, 0.2) is 0 Å². The van der Waals surface area contributed by atoms with Crippen LogP contribution in [-0.4, -0.2) is 23.6 Å². The largest absolute Gasteiger partial charge is 0.444 e. The van der Waals surface area contributed by atoms with Crippen LogP contribution in [0.25, 0.3) is 0 Å². The van der Waals surface area contributed by atoms with E-state index in [-0.39, 0.29) is 5.91 Å². The summed E-state index contributed by atoms with van der Waals surface area (Å²) in [4.78, 5) is 23.3. The minimum Gasteiger partial charge on any atom is -0.444 e. The summed E-state index contributed by atoms with van der Waals surface area (Å²) in [6.45, 7) is 6.89. The summed E-state index contributed by atoms with van der Waals surface area (Å²) >= 11 is 0. The van der Waals surface area contributed by atoms with E-state index >= 15 is 0 Å². The maximum absolute atomic E-state index is 11.8. The van der Waals surface area contributed by atoms with Crippen molar-refractivity contribution in [3.05, 3.63) is 30.3 Å². The standard InChI is InChI=1S/C14H20N2O3/c1-10(15-13(18)19-14(2,3)4)12(17)16-11-8-6-5-7-9-11/h5-10H,1-4H3,(H,15,18)(H,16,17). The van der Waals surface area contributed by atoms with Gasteiger partial charge in [-0.3, -0.25) is 4.79 Å². The van der Waals surface area contributed by atoms with Crippen LogP contribution in [0.3, 0.4) is 0 Å².